The number of benzene rings is 3. The largest absolute Gasteiger partial charge is 0.493 e. The Balaban J connectivity index is 2.15. The molecule has 1 aromatic heterocycles. The first-order chi connectivity index (χ1) is 21.6. The van der Waals surface area contributed by atoms with Crippen LogP contribution in [0.4, 0.5) is 0 Å². The molecule has 0 amide bonds. The van der Waals surface area contributed by atoms with E-state index in [1.165, 1.54) is 28.4 Å². The molecular formula is C35H41NO9. The molecule has 1 N–H and O–H groups in total. The second kappa shape index (κ2) is 14.2. The molecule has 4 aromatic rings. The van der Waals surface area contributed by atoms with E-state index in [-0.39, 0.29) is 17.9 Å². The van der Waals surface area contributed by atoms with Crippen LogP contribution in [0.3, 0.4) is 0 Å². The van der Waals surface area contributed by atoms with Crippen molar-refractivity contribution in [3.63, 3.8) is 0 Å². The van der Waals surface area contributed by atoms with Crippen molar-refractivity contribution in [2.45, 2.75) is 39.9 Å². The lowest BCUT2D eigenvalue weighted by molar-refractivity contribution is 0.0596. The van der Waals surface area contributed by atoms with E-state index in [9.17, 15) is 4.79 Å². The maximum absolute atomic E-state index is 13.4. The van der Waals surface area contributed by atoms with E-state index < -0.39 is 5.97 Å². The topological polar surface area (TPSA) is 107 Å². The maximum atomic E-state index is 13.4. The minimum absolute atomic E-state index is 0.0537. The zero-order valence-electron chi connectivity index (χ0n) is 27.4. The molecule has 0 atom stereocenters. The van der Waals surface area contributed by atoms with Crippen molar-refractivity contribution in [3.05, 3.63) is 54.2 Å². The SMILES string of the molecule is COC(=O)c1[nH]c(-c2ccc(OC(C)C)c(OC)c2)c(-c2ccc(OC)c(OC(C)C)c2)c1-c1cc(OC)c(OC)c(OC)c1. The van der Waals surface area contributed by atoms with Crippen LogP contribution in [-0.2, 0) is 4.74 Å². The Kier molecular flexibility index (Phi) is 10.4. The lowest BCUT2D eigenvalue weighted by atomic mass is 9.92. The molecule has 0 aliphatic heterocycles. The van der Waals surface area contributed by atoms with Gasteiger partial charge in [0, 0.05) is 16.7 Å². The number of hydrogen-bond acceptors (Lipinski definition) is 9. The summed E-state index contributed by atoms with van der Waals surface area (Å²) in [6.45, 7) is 7.78. The zero-order valence-corrected chi connectivity index (χ0v) is 27.4. The highest BCUT2D eigenvalue weighted by Gasteiger charge is 2.29. The summed E-state index contributed by atoms with van der Waals surface area (Å²) in [6, 6.07) is 14.8. The van der Waals surface area contributed by atoms with Crippen molar-refractivity contribution in [2.24, 2.45) is 0 Å². The van der Waals surface area contributed by atoms with Crippen LogP contribution in [0.1, 0.15) is 38.2 Å². The normalized spacial score (nSPS) is 10.9. The minimum Gasteiger partial charge on any atom is -0.493 e. The molecule has 0 aliphatic carbocycles. The van der Waals surface area contributed by atoms with Crippen LogP contribution in [0, 0.1) is 0 Å². The summed E-state index contributed by atoms with van der Waals surface area (Å²) in [7, 11) is 9.13. The lowest BCUT2D eigenvalue weighted by Gasteiger charge is -2.18. The molecule has 0 saturated heterocycles. The zero-order chi connectivity index (χ0) is 32.8. The average molecular weight is 620 g/mol. The lowest BCUT2D eigenvalue weighted by Crippen LogP contribution is -2.07. The summed E-state index contributed by atoms with van der Waals surface area (Å²) in [4.78, 5) is 16.8. The number of carbonyl (C=O) groups excluding carboxylic acids is 1. The summed E-state index contributed by atoms with van der Waals surface area (Å²) in [5.74, 6) is 2.95. The number of esters is 1. The Bertz CT molecular complexity index is 1630. The monoisotopic (exact) mass is 619 g/mol. The van der Waals surface area contributed by atoms with Crippen LogP contribution in [0.5, 0.6) is 40.2 Å². The van der Waals surface area contributed by atoms with Crippen LogP contribution >= 0.6 is 0 Å². The average Bonchev–Trinajstić information content (AvgIpc) is 3.44. The second-order valence-corrected chi connectivity index (χ2v) is 10.6. The number of carbonyl (C=O) groups is 1. The Morgan fingerprint density at radius 1 is 0.556 bits per heavy atom. The maximum Gasteiger partial charge on any atom is 0.355 e. The smallest absolute Gasteiger partial charge is 0.355 e. The summed E-state index contributed by atoms with van der Waals surface area (Å²) in [5.41, 5.74) is 4.21. The van der Waals surface area contributed by atoms with Crippen molar-refractivity contribution in [1.82, 2.24) is 4.98 Å². The summed E-state index contributed by atoms with van der Waals surface area (Å²) in [5, 5.41) is 0. The fraction of sp³-hybridized carbons (Fsp3) is 0.343. The number of H-pyrrole nitrogens is 1. The Morgan fingerprint density at radius 2 is 1.07 bits per heavy atom. The van der Waals surface area contributed by atoms with E-state index in [2.05, 4.69) is 4.98 Å². The van der Waals surface area contributed by atoms with Crippen molar-refractivity contribution >= 4 is 5.97 Å². The van der Waals surface area contributed by atoms with Gasteiger partial charge >= 0.3 is 5.97 Å². The van der Waals surface area contributed by atoms with E-state index in [1.54, 1.807) is 26.4 Å². The van der Waals surface area contributed by atoms with E-state index >= 15 is 0 Å². The summed E-state index contributed by atoms with van der Waals surface area (Å²) in [6.07, 6.45) is -0.167. The van der Waals surface area contributed by atoms with Gasteiger partial charge in [0.15, 0.2) is 34.5 Å². The van der Waals surface area contributed by atoms with Gasteiger partial charge in [-0.3, -0.25) is 0 Å². The Labute approximate surface area is 264 Å². The molecule has 45 heavy (non-hydrogen) atoms. The highest BCUT2D eigenvalue weighted by molar-refractivity contribution is 6.06. The van der Waals surface area contributed by atoms with E-state index in [4.69, 9.17) is 37.9 Å². The molecule has 3 aromatic carbocycles. The van der Waals surface area contributed by atoms with Crippen LogP contribution in [0.2, 0.25) is 0 Å². The fourth-order valence-electron chi connectivity index (χ4n) is 5.13. The quantitative estimate of drug-likeness (QED) is 0.153. The molecule has 240 valence electrons. The summed E-state index contributed by atoms with van der Waals surface area (Å²) < 4.78 is 45.6. The van der Waals surface area contributed by atoms with Gasteiger partial charge in [-0.25, -0.2) is 4.79 Å². The highest BCUT2D eigenvalue weighted by atomic mass is 16.5. The number of methoxy groups -OCH3 is 6. The summed E-state index contributed by atoms with van der Waals surface area (Å²) >= 11 is 0. The first kappa shape index (κ1) is 32.9. The van der Waals surface area contributed by atoms with Gasteiger partial charge in [-0.2, -0.15) is 0 Å². The van der Waals surface area contributed by atoms with Gasteiger partial charge in [0.1, 0.15) is 5.69 Å². The highest BCUT2D eigenvalue weighted by Crippen LogP contribution is 2.49. The van der Waals surface area contributed by atoms with Gasteiger partial charge in [0.2, 0.25) is 5.75 Å². The van der Waals surface area contributed by atoms with E-state index in [0.29, 0.717) is 62.6 Å². The number of ether oxygens (including phenoxy) is 8. The molecule has 10 heteroatoms. The first-order valence-corrected chi connectivity index (χ1v) is 14.4. The molecule has 0 spiro atoms. The Morgan fingerprint density at radius 3 is 1.60 bits per heavy atom. The van der Waals surface area contributed by atoms with Gasteiger partial charge in [-0.15, -0.1) is 0 Å². The standard InChI is InChI=1S/C35H41NO9/c1-19(2)44-25-14-12-22(16-26(25)39-6)32-30(21-11-13-24(38-5)27(15-21)45-20(3)4)31(33(36-32)35(37)43-10)23-17-28(40-7)34(42-9)29(18-23)41-8/h11-20,36H,1-10H3. The second-order valence-electron chi connectivity index (χ2n) is 10.6. The van der Waals surface area contributed by atoms with Gasteiger partial charge in [0.25, 0.3) is 0 Å². The molecule has 10 nitrogen and oxygen atoms in total. The van der Waals surface area contributed by atoms with Crippen molar-refractivity contribution in [3.8, 4) is 73.8 Å². The molecule has 0 aliphatic rings. The predicted molar refractivity (Wildman–Crippen MR) is 173 cm³/mol. The van der Waals surface area contributed by atoms with Crippen LogP contribution in [0.25, 0.3) is 33.5 Å². The van der Waals surface area contributed by atoms with Crippen molar-refractivity contribution in [1.29, 1.82) is 0 Å². The minimum atomic E-state index is -0.565. The molecule has 0 fully saturated rings. The molecule has 0 bridgehead atoms. The molecule has 0 saturated carbocycles. The van der Waals surface area contributed by atoms with Gasteiger partial charge < -0.3 is 42.9 Å². The molecule has 4 rings (SSSR count). The van der Waals surface area contributed by atoms with Gasteiger partial charge in [0.05, 0.1) is 60.6 Å². The van der Waals surface area contributed by atoms with Crippen molar-refractivity contribution < 1.29 is 42.7 Å². The first-order valence-electron chi connectivity index (χ1n) is 14.4. The van der Waals surface area contributed by atoms with Crippen LogP contribution in [0.15, 0.2) is 48.5 Å². The number of aromatic amines is 1. The van der Waals surface area contributed by atoms with E-state index in [1.807, 2.05) is 64.1 Å². The van der Waals surface area contributed by atoms with Crippen LogP contribution < -0.4 is 33.2 Å². The third-order valence-electron chi connectivity index (χ3n) is 6.97. The number of nitrogens with one attached hydrogen (secondary N) is 1. The number of aromatic nitrogens is 1. The Hall–Kier alpha value is -4.99. The van der Waals surface area contributed by atoms with Crippen LogP contribution in [-0.4, -0.2) is 65.8 Å². The van der Waals surface area contributed by atoms with Gasteiger partial charge in [-0.1, -0.05) is 6.07 Å². The third-order valence-corrected chi connectivity index (χ3v) is 6.97. The van der Waals surface area contributed by atoms with Crippen molar-refractivity contribution in [2.75, 3.05) is 42.7 Å². The fourth-order valence-corrected chi connectivity index (χ4v) is 5.13. The third kappa shape index (κ3) is 6.74. The predicted octanol–water partition coefficient (Wildman–Crippen LogP) is 7.42. The number of hydrogen-bond donors (Lipinski definition) is 1. The molecular weight excluding hydrogens is 578 g/mol. The van der Waals surface area contributed by atoms with Gasteiger partial charge in [-0.05, 0) is 81.3 Å². The molecule has 0 unspecified atom stereocenters. The number of rotatable bonds is 13. The molecule has 1 heterocycles. The van der Waals surface area contributed by atoms with E-state index in [0.717, 1.165) is 11.1 Å². The molecule has 0 radical (unpaired) electrons.